The summed E-state index contributed by atoms with van der Waals surface area (Å²) in [5.41, 5.74) is 0. The van der Waals surface area contributed by atoms with Crippen LogP contribution in [0.25, 0.3) is 0 Å². The van der Waals surface area contributed by atoms with E-state index in [9.17, 15) is 4.57 Å². The monoisotopic (exact) mass is 330 g/mol. The molecule has 6 heavy (non-hydrogen) atoms. The summed E-state index contributed by atoms with van der Waals surface area (Å²) in [6.45, 7) is 1.93. The maximum absolute atomic E-state index is 10.6. The molecule has 38 valence electrons. The Morgan fingerprint density at radius 1 is 1.67 bits per heavy atom. The number of hydrogen-bond donors (Lipinski definition) is 0. The van der Waals surface area contributed by atoms with Gasteiger partial charge in [0.15, 0.2) is 2.43 Å². The maximum Gasteiger partial charge on any atom is 0.197 e. The molecule has 0 saturated carbocycles. The molecule has 0 aliphatic rings. The van der Waals surface area contributed by atoms with Crippen molar-refractivity contribution in [2.75, 3.05) is 6.16 Å². The summed E-state index contributed by atoms with van der Waals surface area (Å²) in [5.74, 6) is 0. The second-order valence-electron chi connectivity index (χ2n) is 0.886. The molecule has 0 rings (SSSR count). The zero-order valence-corrected chi connectivity index (χ0v) is 8.53. The van der Waals surface area contributed by atoms with Gasteiger partial charge in [0.05, 0.1) is 0 Å². The Bertz CT molecular complexity index is 75.6. The Hall–Kier alpha value is 1.69. The van der Waals surface area contributed by atoms with Gasteiger partial charge in [0, 0.05) is 50.2 Å². The van der Waals surface area contributed by atoms with Crippen molar-refractivity contribution in [1.29, 1.82) is 0 Å². The minimum Gasteiger partial charge on any atom is -0.302 e. The molecule has 0 unspecified atom stereocenters. The average Bonchev–Trinajstić information content (AvgIpc) is 1.35. The lowest BCUT2D eigenvalue weighted by Crippen LogP contribution is -1.57. The van der Waals surface area contributed by atoms with E-state index in [0.717, 1.165) is 6.16 Å². The van der Waals surface area contributed by atoms with Crippen molar-refractivity contribution in [2.45, 2.75) is 6.92 Å². The van der Waals surface area contributed by atoms with E-state index in [1.165, 1.54) is 0 Å². The molecule has 0 heterocycles. The minimum absolute atomic E-state index is 0.800. The molecule has 0 amide bonds. The third-order valence-electron chi connectivity index (χ3n) is 0.368. The van der Waals surface area contributed by atoms with Crippen molar-refractivity contribution in [3.8, 4) is 0 Å². The SMILES string of the molecule is CCP(=O)(I)I. The van der Waals surface area contributed by atoms with Gasteiger partial charge in [-0.2, -0.15) is 0 Å². The fourth-order valence-electron chi connectivity index (χ4n) is 0. The maximum atomic E-state index is 10.6. The van der Waals surface area contributed by atoms with Crippen molar-refractivity contribution >= 4 is 46.5 Å². The van der Waals surface area contributed by atoms with Crippen LogP contribution < -0.4 is 0 Å². The fourth-order valence-corrected chi connectivity index (χ4v) is 0. The second-order valence-corrected chi connectivity index (χ2v) is 17.5. The van der Waals surface area contributed by atoms with E-state index < -0.39 is 2.43 Å². The summed E-state index contributed by atoms with van der Waals surface area (Å²) in [6, 6.07) is 0. The summed E-state index contributed by atoms with van der Waals surface area (Å²) in [5, 5.41) is 0. The number of rotatable bonds is 1. The van der Waals surface area contributed by atoms with Crippen LogP contribution in [0.4, 0.5) is 0 Å². The van der Waals surface area contributed by atoms with Gasteiger partial charge in [0.2, 0.25) is 0 Å². The van der Waals surface area contributed by atoms with E-state index in [-0.39, 0.29) is 0 Å². The molecule has 0 aromatic rings. The molecule has 0 N–H and O–H groups in total. The van der Waals surface area contributed by atoms with Gasteiger partial charge in [-0.05, 0) is 0 Å². The van der Waals surface area contributed by atoms with Crippen LogP contribution in [0, 0.1) is 0 Å². The summed E-state index contributed by atoms with van der Waals surface area (Å²) in [4.78, 5) is 0. The van der Waals surface area contributed by atoms with E-state index in [1.54, 1.807) is 0 Å². The largest absolute Gasteiger partial charge is 0.302 e. The van der Waals surface area contributed by atoms with E-state index >= 15 is 0 Å². The minimum atomic E-state index is -1.71. The first-order valence-corrected chi connectivity index (χ1v) is 9.01. The van der Waals surface area contributed by atoms with Crippen molar-refractivity contribution in [1.82, 2.24) is 0 Å². The second kappa shape index (κ2) is 2.87. The van der Waals surface area contributed by atoms with Crippen molar-refractivity contribution < 1.29 is 4.57 Å². The lowest BCUT2D eigenvalue weighted by Gasteiger charge is -1.90. The zero-order chi connectivity index (χ0) is 5.21. The highest BCUT2D eigenvalue weighted by Gasteiger charge is 2.04. The normalized spacial score (nSPS) is 11.8. The Balaban J connectivity index is 3.48. The molecule has 0 aromatic carbocycles. The van der Waals surface area contributed by atoms with E-state index in [2.05, 4.69) is 0 Å². The smallest absolute Gasteiger partial charge is 0.197 e. The van der Waals surface area contributed by atoms with Crippen LogP contribution >= 0.6 is 46.5 Å². The molecule has 1 nitrogen and oxygen atoms in total. The summed E-state index contributed by atoms with van der Waals surface area (Å²) in [7, 11) is 0. The molecule has 0 aliphatic heterocycles. The van der Waals surface area contributed by atoms with Gasteiger partial charge in [-0.1, -0.05) is 6.92 Å². The van der Waals surface area contributed by atoms with Crippen LogP contribution in [0.15, 0.2) is 0 Å². The standard InChI is InChI=1S/C2H5I2OP/c1-2-6(3,4)5/h2H2,1H3. The predicted octanol–water partition coefficient (Wildman–Crippen LogP) is 3.07. The molecule has 0 aromatic heterocycles. The number of hydrogen-bond acceptors (Lipinski definition) is 1. The Labute approximate surface area is 63.6 Å². The third kappa shape index (κ3) is 5.69. The van der Waals surface area contributed by atoms with Gasteiger partial charge in [0.1, 0.15) is 0 Å². The summed E-state index contributed by atoms with van der Waals surface area (Å²) < 4.78 is 8.85. The van der Waals surface area contributed by atoms with Crippen molar-refractivity contribution in [2.24, 2.45) is 0 Å². The molecule has 0 bridgehead atoms. The van der Waals surface area contributed by atoms with Crippen LogP contribution in [0.3, 0.4) is 0 Å². The van der Waals surface area contributed by atoms with Crippen LogP contribution in [0.2, 0.25) is 0 Å². The van der Waals surface area contributed by atoms with Crippen molar-refractivity contribution in [3.63, 3.8) is 0 Å². The lowest BCUT2D eigenvalue weighted by molar-refractivity contribution is 0.597. The first kappa shape index (κ1) is 7.69. The molecule has 0 aliphatic carbocycles. The third-order valence-corrected chi connectivity index (χ3v) is 5.20. The molecular weight excluding hydrogens is 325 g/mol. The van der Waals surface area contributed by atoms with E-state index in [4.69, 9.17) is 0 Å². The highest BCUT2D eigenvalue weighted by molar-refractivity contribution is 14.3. The average molecular weight is 330 g/mol. The lowest BCUT2D eigenvalue weighted by atomic mass is 11.0. The summed E-state index contributed by atoms with van der Waals surface area (Å²) in [6.07, 6.45) is 0.800. The van der Waals surface area contributed by atoms with Gasteiger partial charge in [0.25, 0.3) is 0 Å². The van der Waals surface area contributed by atoms with Gasteiger partial charge in [-0.15, -0.1) is 0 Å². The number of halogens is 2. The molecule has 0 radical (unpaired) electrons. The molecular formula is C2H5I2OP. The van der Waals surface area contributed by atoms with Gasteiger partial charge in [-0.25, -0.2) is 0 Å². The topological polar surface area (TPSA) is 17.1 Å². The van der Waals surface area contributed by atoms with Gasteiger partial charge in [-0.3, -0.25) is 0 Å². The quantitative estimate of drug-likeness (QED) is 0.534. The van der Waals surface area contributed by atoms with E-state index in [0.29, 0.717) is 0 Å². The first-order chi connectivity index (χ1) is 2.56. The van der Waals surface area contributed by atoms with Gasteiger partial charge >= 0.3 is 0 Å². The zero-order valence-electron chi connectivity index (χ0n) is 3.32. The Morgan fingerprint density at radius 3 is 1.83 bits per heavy atom. The van der Waals surface area contributed by atoms with Crippen LogP contribution in [-0.2, 0) is 4.57 Å². The van der Waals surface area contributed by atoms with Crippen LogP contribution in [-0.4, -0.2) is 6.16 Å². The molecule has 0 fully saturated rings. The predicted molar refractivity (Wildman–Crippen MR) is 46.2 cm³/mol. The van der Waals surface area contributed by atoms with Gasteiger partial charge < -0.3 is 4.57 Å². The fraction of sp³-hybridized carbons (Fsp3) is 1.00. The Kier molecular flexibility index (Phi) is 3.68. The van der Waals surface area contributed by atoms with Crippen LogP contribution in [0.5, 0.6) is 0 Å². The highest BCUT2D eigenvalue weighted by atomic mass is 127. The summed E-state index contributed by atoms with van der Waals surface area (Å²) >= 11 is 3.97. The van der Waals surface area contributed by atoms with Crippen molar-refractivity contribution in [3.05, 3.63) is 0 Å². The highest BCUT2D eigenvalue weighted by Crippen LogP contribution is 2.62. The molecule has 0 saturated heterocycles. The van der Waals surface area contributed by atoms with Crippen LogP contribution in [0.1, 0.15) is 6.92 Å². The first-order valence-electron chi connectivity index (χ1n) is 1.54. The molecule has 0 spiro atoms. The molecule has 4 heteroatoms. The van der Waals surface area contributed by atoms with E-state index in [1.807, 2.05) is 51.0 Å². The Morgan fingerprint density at radius 2 is 1.83 bits per heavy atom. The molecule has 0 atom stereocenters.